The number of aromatic nitrogens is 4. The van der Waals surface area contributed by atoms with E-state index in [0.29, 0.717) is 30.0 Å². The summed E-state index contributed by atoms with van der Waals surface area (Å²) in [5, 5.41) is 6.11. The van der Waals surface area contributed by atoms with Crippen LogP contribution in [0.1, 0.15) is 28.6 Å². The molecule has 146 valence electrons. The minimum absolute atomic E-state index is 0.172. The summed E-state index contributed by atoms with van der Waals surface area (Å²) in [5.74, 6) is 1.32. The van der Waals surface area contributed by atoms with Crippen molar-refractivity contribution in [1.82, 2.24) is 19.7 Å². The average Bonchev–Trinajstić information content (AvgIpc) is 3.33. The largest absolute Gasteiger partial charge is 0.476 e. The zero-order chi connectivity index (χ0) is 19.8. The van der Waals surface area contributed by atoms with Gasteiger partial charge < -0.3 is 9.64 Å². The predicted molar refractivity (Wildman–Crippen MR) is 110 cm³/mol. The van der Waals surface area contributed by atoms with Crippen LogP contribution >= 0.6 is 11.3 Å². The van der Waals surface area contributed by atoms with Gasteiger partial charge in [0.15, 0.2) is 0 Å². The maximum absolute atomic E-state index is 12.5. The van der Waals surface area contributed by atoms with Gasteiger partial charge >= 0.3 is 0 Å². The highest BCUT2D eigenvalue weighted by Crippen LogP contribution is 2.46. The van der Waals surface area contributed by atoms with Crippen molar-refractivity contribution in [3.8, 4) is 5.88 Å². The fourth-order valence-corrected chi connectivity index (χ4v) is 3.94. The van der Waals surface area contributed by atoms with Crippen molar-refractivity contribution in [2.45, 2.75) is 26.2 Å². The highest BCUT2D eigenvalue weighted by molar-refractivity contribution is 7.15. The summed E-state index contributed by atoms with van der Waals surface area (Å²) in [5.41, 5.74) is 2.63. The molecule has 8 heteroatoms. The Morgan fingerprint density at radius 3 is 2.79 bits per heavy atom. The third-order valence-electron chi connectivity index (χ3n) is 5.00. The van der Waals surface area contributed by atoms with Crippen molar-refractivity contribution in [3.63, 3.8) is 0 Å². The normalized spacial score (nSPS) is 18.1. The van der Waals surface area contributed by atoms with Crippen molar-refractivity contribution in [3.05, 3.63) is 57.2 Å². The summed E-state index contributed by atoms with van der Waals surface area (Å²) >= 11 is 1.54. The zero-order valence-corrected chi connectivity index (χ0v) is 17.2. The number of hydrogen-bond donors (Lipinski definition) is 0. The van der Waals surface area contributed by atoms with Crippen molar-refractivity contribution < 1.29 is 4.74 Å². The lowest BCUT2D eigenvalue weighted by atomic mass is 10.2. The summed E-state index contributed by atoms with van der Waals surface area (Å²) in [7, 11) is 3.49. The molecule has 0 aliphatic heterocycles. The SMILES string of the molecule is Cc1ccc([C@H]2C[C@@H]2COc2cc(N(C)c3cnc(C)s3)c(=O)n(C)n2)nc1. The maximum atomic E-state index is 12.5. The van der Waals surface area contributed by atoms with Gasteiger partial charge in [-0.2, -0.15) is 0 Å². The van der Waals surface area contributed by atoms with Gasteiger partial charge in [0.05, 0.1) is 17.8 Å². The van der Waals surface area contributed by atoms with Gasteiger partial charge in [-0.1, -0.05) is 6.07 Å². The second kappa shape index (κ2) is 7.35. The predicted octanol–water partition coefficient (Wildman–Crippen LogP) is 3.20. The van der Waals surface area contributed by atoms with E-state index in [4.69, 9.17) is 4.74 Å². The van der Waals surface area contributed by atoms with Gasteiger partial charge in [0.25, 0.3) is 5.56 Å². The molecule has 0 radical (unpaired) electrons. The zero-order valence-electron chi connectivity index (χ0n) is 16.4. The van der Waals surface area contributed by atoms with E-state index in [9.17, 15) is 4.79 Å². The van der Waals surface area contributed by atoms with E-state index in [0.717, 1.165) is 22.1 Å². The molecule has 0 N–H and O–H groups in total. The number of thiazole rings is 1. The molecule has 28 heavy (non-hydrogen) atoms. The fraction of sp³-hybridized carbons (Fsp3) is 0.400. The summed E-state index contributed by atoms with van der Waals surface area (Å²) in [6.45, 7) is 4.54. The Kier molecular flexibility index (Phi) is 4.89. The lowest BCUT2D eigenvalue weighted by molar-refractivity contribution is 0.278. The first kappa shape index (κ1) is 18.6. The number of hydrogen-bond acceptors (Lipinski definition) is 7. The first-order valence-electron chi connectivity index (χ1n) is 9.22. The minimum Gasteiger partial charge on any atom is -0.476 e. The summed E-state index contributed by atoms with van der Waals surface area (Å²) in [6.07, 6.45) is 4.74. The second-order valence-corrected chi connectivity index (χ2v) is 8.46. The molecule has 1 aliphatic carbocycles. The Morgan fingerprint density at radius 2 is 2.11 bits per heavy atom. The van der Waals surface area contributed by atoms with E-state index in [2.05, 4.69) is 27.2 Å². The standard InChI is InChI=1S/C20H23N5O2S/c1-12-5-6-16(22-9-12)15-7-14(15)11-27-18-8-17(20(26)25(4)23-18)24(3)19-10-21-13(2)28-19/h5-6,8-10,14-15H,7,11H2,1-4H3/t14-,15+/m1/s1. The van der Waals surface area contributed by atoms with Crippen LogP contribution < -0.4 is 15.2 Å². The molecular formula is C20H23N5O2S. The molecule has 0 saturated heterocycles. The van der Waals surface area contributed by atoms with Crippen LogP contribution in [0.15, 0.2) is 35.4 Å². The van der Waals surface area contributed by atoms with E-state index in [-0.39, 0.29) is 5.56 Å². The van der Waals surface area contributed by atoms with Gasteiger partial charge in [0.2, 0.25) is 5.88 Å². The van der Waals surface area contributed by atoms with Crippen molar-refractivity contribution in [1.29, 1.82) is 0 Å². The molecule has 0 unspecified atom stereocenters. The third kappa shape index (κ3) is 3.77. The molecule has 0 aromatic carbocycles. The van der Waals surface area contributed by atoms with Gasteiger partial charge in [0.1, 0.15) is 10.7 Å². The molecule has 3 heterocycles. The topological polar surface area (TPSA) is 73.1 Å². The average molecular weight is 398 g/mol. The van der Waals surface area contributed by atoms with Crippen molar-refractivity contribution in [2.75, 3.05) is 18.6 Å². The molecule has 0 bridgehead atoms. The van der Waals surface area contributed by atoms with E-state index in [1.54, 1.807) is 19.3 Å². The fourth-order valence-electron chi connectivity index (χ4n) is 3.19. The first-order chi connectivity index (χ1) is 13.4. The number of rotatable bonds is 6. The lowest BCUT2D eigenvalue weighted by Crippen LogP contribution is -2.27. The number of aryl methyl sites for hydroxylation is 3. The van der Waals surface area contributed by atoms with Crippen molar-refractivity contribution in [2.24, 2.45) is 13.0 Å². The molecule has 2 atom stereocenters. The molecule has 3 aromatic rings. The Hall–Kier alpha value is -2.74. The Bertz CT molecular complexity index is 1040. The van der Waals surface area contributed by atoms with Gasteiger partial charge in [-0.15, -0.1) is 16.4 Å². The van der Waals surface area contributed by atoms with Crippen LogP contribution in [0.5, 0.6) is 5.88 Å². The van der Waals surface area contributed by atoms with Gasteiger partial charge in [-0.25, -0.2) is 9.67 Å². The number of pyridine rings is 1. The smallest absolute Gasteiger partial charge is 0.290 e. The summed E-state index contributed by atoms with van der Waals surface area (Å²) in [6, 6.07) is 5.89. The molecule has 1 fully saturated rings. The van der Waals surface area contributed by atoms with Crippen LogP contribution in [-0.4, -0.2) is 33.4 Å². The quantitative estimate of drug-likeness (QED) is 0.636. The van der Waals surface area contributed by atoms with Crippen LogP contribution in [0.4, 0.5) is 10.7 Å². The van der Waals surface area contributed by atoms with Crippen LogP contribution in [0.3, 0.4) is 0 Å². The van der Waals surface area contributed by atoms with Crippen LogP contribution in [-0.2, 0) is 7.05 Å². The molecule has 7 nitrogen and oxygen atoms in total. The maximum Gasteiger partial charge on any atom is 0.290 e. The second-order valence-electron chi connectivity index (χ2n) is 7.25. The Balaban J connectivity index is 1.46. The van der Waals surface area contributed by atoms with Gasteiger partial charge in [-0.3, -0.25) is 9.78 Å². The molecule has 0 amide bonds. The van der Waals surface area contributed by atoms with E-state index < -0.39 is 0 Å². The Morgan fingerprint density at radius 1 is 1.29 bits per heavy atom. The van der Waals surface area contributed by atoms with E-state index in [1.165, 1.54) is 21.6 Å². The molecule has 3 aromatic heterocycles. The van der Waals surface area contributed by atoms with Crippen LogP contribution in [0.25, 0.3) is 0 Å². The molecular weight excluding hydrogens is 374 g/mol. The first-order valence-corrected chi connectivity index (χ1v) is 10.0. The van der Waals surface area contributed by atoms with Gasteiger partial charge in [-0.05, 0) is 31.9 Å². The summed E-state index contributed by atoms with van der Waals surface area (Å²) in [4.78, 5) is 23.1. The summed E-state index contributed by atoms with van der Waals surface area (Å²) < 4.78 is 7.26. The number of anilines is 2. The molecule has 1 aliphatic rings. The van der Waals surface area contributed by atoms with Crippen LogP contribution in [0, 0.1) is 19.8 Å². The van der Waals surface area contributed by atoms with Gasteiger partial charge in [0, 0.05) is 43.9 Å². The highest BCUT2D eigenvalue weighted by atomic mass is 32.1. The molecule has 1 saturated carbocycles. The number of nitrogens with zero attached hydrogens (tertiary/aromatic N) is 5. The minimum atomic E-state index is -0.172. The van der Waals surface area contributed by atoms with Crippen molar-refractivity contribution >= 4 is 22.0 Å². The molecule has 0 spiro atoms. The molecule has 4 rings (SSSR count). The van der Waals surface area contributed by atoms with E-state index in [1.807, 2.05) is 32.0 Å². The monoisotopic (exact) mass is 397 g/mol. The van der Waals surface area contributed by atoms with Crippen LogP contribution in [0.2, 0.25) is 0 Å². The van der Waals surface area contributed by atoms with E-state index >= 15 is 0 Å². The number of ether oxygens (including phenoxy) is 1. The lowest BCUT2D eigenvalue weighted by Gasteiger charge is -2.17. The Labute approximate surface area is 167 Å². The third-order valence-corrected chi connectivity index (χ3v) is 5.99. The highest BCUT2D eigenvalue weighted by Gasteiger charge is 2.40.